The van der Waals surface area contributed by atoms with Crippen LogP contribution in [-0.2, 0) is 9.59 Å². The zero-order chi connectivity index (χ0) is 12.8. The van der Waals surface area contributed by atoms with Crippen molar-refractivity contribution in [2.45, 2.75) is 26.2 Å². The fraction of sp³-hybridized carbons (Fsp3) is 0.385. The van der Waals surface area contributed by atoms with Gasteiger partial charge in [-0.15, -0.1) is 0 Å². The van der Waals surface area contributed by atoms with Crippen LogP contribution in [0.1, 0.15) is 26.2 Å². The Bertz CT molecular complexity index is 402. The standard InChI is InChI=1S/C13H16O4/c1-2-3-4-5-9-8-10(12(14)15)6-7-11(9)13(16)17/h5-8,11H,2-4H2,1H3,(H,14,15)(H,16,17). The van der Waals surface area contributed by atoms with Crippen LogP contribution in [0.2, 0.25) is 0 Å². The number of hydrogen-bond donors (Lipinski definition) is 2. The first-order valence-electron chi connectivity index (χ1n) is 5.62. The average molecular weight is 236 g/mol. The molecule has 0 spiro atoms. The molecule has 1 atom stereocenters. The summed E-state index contributed by atoms with van der Waals surface area (Å²) < 4.78 is 0. The van der Waals surface area contributed by atoms with Gasteiger partial charge in [-0.2, -0.15) is 0 Å². The Morgan fingerprint density at radius 2 is 2.12 bits per heavy atom. The highest BCUT2D eigenvalue weighted by Crippen LogP contribution is 2.23. The van der Waals surface area contributed by atoms with Crippen molar-refractivity contribution in [2.75, 3.05) is 0 Å². The van der Waals surface area contributed by atoms with Gasteiger partial charge >= 0.3 is 11.9 Å². The summed E-state index contributed by atoms with van der Waals surface area (Å²) in [6.07, 6.45) is 8.78. The SMILES string of the molecule is CCCCC=C1C=C(C(=O)O)C=CC1C(=O)O. The summed E-state index contributed by atoms with van der Waals surface area (Å²) in [5.41, 5.74) is 0.691. The van der Waals surface area contributed by atoms with Crippen molar-refractivity contribution in [1.29, 1.82) is 0 Å². The van der Waals surface area contributed by atoms with E-state index in [0.29, 0.717) is 5.57 Å². The van der Waals surface area contributed by atoms with E-state index in [1.54, 1.807) is 0 Å². The summed E-state index contributed by atoms with van der Waals surface area (Å²) in [5.74, 6) is -2.72. The second kappa shape index (κ2) is 6.03. The van der Waals surface area contributed by atoms with E-state index in [1.165, 1.54) is 18.2 Å². The van der Waals surface area contributed by atoms with E-state index in [4.69, 9.17) is 10.2 Å². The van der Waals surface area contributed by atoms with Gasteiger partial charge in [0.25, 0.3) is 0 Å². The number of unbranched alkanes of at least 4 members (excludes halogenated alkanes) is 2. The summed E-state index contributed by atoms with van der Waals surface area (Å²) in [4.78, 5) is 21.8. The Kier molecular flexibility index (Phi) is 4.69. The van der Waals surface area contributed by atoms with E-state index in [9.17, 15) is 9.59 Å². The largest absolute Gasteiger partial charge is 0.481 e. The molecule has 2 N–H and O–H groups in total. The average Bonchev–Trinajstić information content (AvgIpc) is 2.28. The number of carboxylic acids is 2. The van der Waals surface area contributed by atoms with Crippen LogP contribution in [0.5, 0.6) is 0 Å². The lowest BCUT2D eigenvalue weighted by molar-refractivity contribution is -0.139. The third kappa shape index (κ3) is 3.59. The van der Waals surface area contributed by atoms with Gasteiger partial charge in [-0.25, -0.2) is 4.79 Å². The lowest BCUT2D eigenvalue weighted by atomic mass is 9.90. The summed E-state index contributed by atoms with van der Waals surface area (Å²) >= 11 is 0. The second-order valence-corrected chi connectivity index (χ2v) is 3.93. The minimum Gasteiger partial charge on any atom is -0.481 e. The van der Waals surface area contributed by atoms with Gasteiger partial charge in [0.1, 0.15) is 0 Å². The fourth-order valence-corrected chi connectivity index (χ4v) is 1.65. The van der Waals surface area contributed by atoms with Crippen LogP contribution < -0.4 is 0 Å². The maximum atomic E-state index is 11.0. The van der Waals surface area contributed by atoms with Crippen molar-refractivity contribution < 1.29 is 19.8 Å². The highest BCUT2D eigenvalue weighted by Gasteiger charge is 2.22. The molecule has 0 radical (unpaired) electrons. The van der Waals surface area contributed by atoms with Crippen molar-refractivity contribution >= 4 is 11.9 Å². The summed E-state index contributed by atoms with van der Waals surface area (Å²) in [7, 11) is 0. The molecule has 1 aliphatic carbocycles. The van der Waals surface area contributed by atoms with E-state index < -0.39 is 17.9 Å². The molecule has 0 aromatic carbocycles. The molecule has 0 aromatic heterocycles. The Balaban J connectivity index is 2.92. The normalized spacial score (nSPS) is 21.4. The Hall–Kier alpha value is -1.84. The second-order valence-electron chi connectivity index (χ2n) is 3.93. The van der Waals surface area contributed by atoms with Crippen molar-refractivity contribution in [3.05, 3.63) is 35.5 Å². The van der Waals surface area contributed by atoms with Crippen LogP contribution in [-0.4, -0.2) is 22.2 Å². The molecule has 92 valence electrons. The molecule has 1 unspecified atom stereocenters. The summed E-state index contributed by atoms with van der Waals surface area (Å²) in [6, 6.07) is 0. The Labute approximate surface area is 100.0 Å². The molecule has 0 saturated heterocycles. The van der Waals surface area contributed by atoms with Crippen LogP contribution in [0.4, 0.5) is 0 Å². The van der Waals surface area contributed by atoms with Gasteiger partial charge in [-0.3, -0.25) is 4.79 Å². The van der Waals surface area contributed by atoms with Gasteiger partial charge < -0.3 is 10.2 Å². The molecule has 0 aromatic rings. The third-order valence-electron chi connectivity index (χ3n) is 2.60. The van der Waals surface area contributed by atoms with Gasteiger partial charge in [0.15, 0.2) is 0 Å². The van der Waals surface area contributed by atoms with Crippen molar-refractivity contribution in [2.24, 2.45) is 5.92 Å². The highest BCUT2D eigenvalue weighted by molar-refractivity contribution is 5.92. The molecular weight excluding hydrogens is 220 g/mol. The molecule has 0 heterocycles. The smallest absolute Gasteiger partial charge is 0.335 e. The maximum Gasteiger partial charge on any atom is 0.335 e. The monoisotopic (exact) mass is 236 g/mol. The lowest BCUT2D eigenvalue weighted by Crippen LogP contribution is -2.17. The lowest BCUT2D eigenvalue weighted by Gasteiger charge is -2.14. The van der Waals surface area contributed by atoms with E-state index in [0.717, 1.165) is 19.3 Å². The van der Waals surface area contributed by atoms with Gasteiger partial charge in [0.2, 0.25) is 0 Å². The van der Waals surface area contributed by atoms with Crippen LogP contribution in [0.3, 0.4) is 0 Å². The van der Waals surface area contributed by atoms with Gasteiger partial charge in [0.05, 0.1) is 11.5 Å². The quantitative estimate of drug-likeness (QED) is 0.719. The van der Waals surface area contributed by atoms with Crippen LogP contribution in [0, 0.1) is 5.92 Å². The number of carboxylic acid groups (broad SMARTS) is 2. The molecule has 0 fully saturated rings. The summed E-state index contributed by atoms with van der Waals surface area (Å²) in [6.45, 7) is 2.05. The molecule has 1 rings (SSSR count). The minimum atomic E-state index is -1.04. The molecule has 0 saturated carbocycles. The molecule has 0 aliphatic heterocycles. The molecule has 4 nitrogen and oxygen atoms in total. The number of rotatable bonds is 5. The molecule has 17 heavy (non-hydrogen) atoms. The number of aliphatic carboxylic acids is 2. The zero-order valence-corrected chi connectivity index (χ0v) is 9.72. The predicted molar refractivity (Wildman–Crippen MR) is 63.6 cm³/mol. The Morgan fingerprint density at radius 1 is 1.41 bits per heavy atom. The van der Waals surface area contributed by atoms with Crippen LogP contribution in [0.25, 0.3) is 0 Å². The molecule has 1 aliphatic rings. The van der Waals surface area contributed by atoms with Crippen LogP contribution >= 0.6 is 0 Å². The molecule has 0 bridgehead atoms. The van der Waals surface area contributed by atoms with Gasteiger partial charge in [-0.05, 0) is 18.1 Å². The van der Waals surface area contributed by atoms with Gasteiger partial charge in [0, 0.05) is 0 Å². The predicted octanol–water partition coefficient (Wildman–Crippen LogP) is 2.38. The number of hydrogen-bond acceptors (Lipinski definition) is 2. The maximum absolute atomic E-state index is 11.0. The van der Waals surface area contributed by atoms with Crippen molar-refractivity contribution in [3.63, 3.8) is 0 Å². The minimum absolute atomic E-state index is 0.130. The molecule has 4 heteroatoms. The van der Waals surface area contributed by atoms with E-state index in [1.807, 2.05) is 13.0 Å². The Morgan fingerprint density at radius 3 is 2.65 bits per heavy atom. The molecular formula is C13H16O4. The third-order valence-corrected chi connectivity index (χ3v) is 2.60. The number of carbonyl (C=O) groups is 2. The van der Waals surface area contributed by atoms with Crippen LogP contribution in [0.15, 0.2) is 35.5 Å². The van der Waals surface area contributed by atoms with E-state index in [-0.39, 0.29) is 5.57 Å². The van der Waals surface area contributed by atoms with Crippen molar-refractivity contribution in [1.82, 2.24) is 0 Å². The fourth-order valence-electron chi connectivity index (χ4n) is 1.65. The first-order valence-corrected chi connectivity index (χ1v) is 5.62. The van der Waals surface area contributed by atoms with E-state index in [2.05, 4.69) is 0 Å². The first-order chi connectivity index (χ1) is 8.06. The number of allylic oxidation sites excluding steroid dienone is 2. The molecule has 0 amide bonds. The van der Waals surface area contributed by atoms with E-state index >= 15 is 0 Å². The topological polar surface area (TPSA) is 74.6 Å². The zero-order valence-electron chi connectivity index (χ0n) is 9.72. The van der Waals surface area contributed by atoms with Crippen molar-refractivity contribution in [3.8, 4) is 0 Å². The highest BCUT2D eigenvalue weighted by atomic mass is 16.4. The van der Waals surface area contributed by atoms with Gasteiger partial charge in [-0.1, -0.05) is 38.0 Å². The first kappa shape index (κ1) is 13.2. The summed E-state index contributed by atoms with van der Waals surface area (Å²) in [5, 5.41) is 17.9.